The van der Waals surface area contributed by atoms with E-state index in [-0.39, 0.29) is 10.8 Å². The summed E-state index contributed by atoms with van der Waals surface area (Å²) in [5.74, 6) is 0.132. The van der Waals surface area contributed by atoms with E-state index in [1.807, 2.05) is 0 Å². The predicted octanol–water partition coefficient (Wildman–Crippen LogP) is 0.0468. The molecular formula is C3H3ClN2O2. The molecule has 0 aromatic carbocycles. The Morgan fingerprint density at radius 1 is 2.00 bits per heavy atom. The molecule has 4 nitrogen and oxygen atoms in total. The van der Waals surface area contributed by atoms with Crippen molar-refractivity contribution < 1.29 is 9.53 Å². The number of hydrogen-bond acceptors (Lipinski definition) is 3. The van der Waals surface area contributed by atoms with Crippen molar-refractivity contribution in [1.29, 1.82) is 0 Å². The van der Waals surface area contributed by atoms with E-state index in [1.165, 1.54) is 6.20 Å². The molecule has 8 heavy (non-hydrogen) atoms. The van der Waals surface area contributed by atoms with Crippen LogP contribution < -0.4 is 4.90 Å². The first-order valence-corrected chi connectivity index (χ1v) is 2.47. The summed E-state index contributed by atoms with van der Waals surface area (Å²) >= 11 is 5.25. The van der Waals surface area contributed by atoms with E-state index in [4.69, 9.17) is 11.6 Å². The van der Waals surface area contributed by atoms with Crippen LogP contribution in [-0.2, 0) is 5.88 Å². The van der Waals surface area contributed by atoms with Gasteiger partial charge in [0, 0.05) is 5.16 Å². The minimum atomic E-state index is 0.132. The van der Waals surface area contributed by atoms with E-state index in [1.54, 1.807) is 0 Å². The fourth-order valence-electron chi connectivity index (χ4n) is 0.310. The molecule has 0 amide bonds. The number of hydrogen-bond donors (Lipinski definition) is 0. The molecule has 44 valence electrons. The van der Waals surface area contributed by atoms with E-state index < -0.39 is 0 Å². The smallest absolute Gasteiger partial charge is 0.210 e. The van der Waals surface area contributed by atoms with Crippen LogP contribution in [0.4, 0.5) is 0 Å². The van der Waals surface area contributed by atoms with Crippen LogP contribution in [0, 0.1) is 5.21 Å². The first-order valence-electron chi connectivity index (χ1n) is 1.94. The van der Waals surface area contributed by atoms with Gasteiger partial charge in [0.25, 0.3) is 0 Å². The maximum atomic E-state index is 10.3. The summed E-state index contributed by atoms with van der Waals surface area (Å²) < 4.78 is 4.08. The van der Waals surface area contributed by atoms with Crippen LogP contribution in [0.3, 0.4) is 0 Å². The largest absolute Gasteiger partial charge is 0.359 e. The molecule has 0 aliphatic heterocycles. The zero-order chi connectivity index (χ0) is 5.98. The fraction of sp³-hybridized carbons (Fsp3) is 0.333. The molecule has 0 N–H and O–H groups in total. The Morgan fingerprint density at radius 2 is 2.75 bits per heavy atom. The van der Waals surface area contributed by atoms with Crippen molar-refractivity contribution in [1.82, 2.24) is 5.16 Å². The van der Waals surface area contributed by atoms with Gasteiger partial charge in [0.2, 0.25) is 11.9 Å². The molecule has 0 aliphatic rings. The molecule has 0 aliphatic carbocycles. The fourth-order valence-corrected chi connectivity index (χ4v) is 0.477. The first kappa shape index (κ1) is 5.37. The third kappa shape index (κ3) is 0.742. The number of alkyl halides is 1. The molecule has 1 aromatic heterocycles. The molecule has 0 radical (unpaired) electrons. The van der Waals surface area contributed by atoms with Crippen LogP contribution in [0.1, 0.15) is 5.69 Å². The molecule has 0 spiro atoms. The van der Waals surface area contributed by atoms with Crippen molar-refractivity contribution in [3.63, 3.8) is 0 Å². The lowest BCUT2D eigenvalue weighted by Gasteiger charge is -1.84. The highest BCUT2D eigenvalue weighted by Gasteiger charge is 2.01. The zero-order valence-electron chi connectivity index (χ0n) is 3.87. The lowest BCUT2D eigenvalue weighted by molar-refractivity contribution is -0.807. The van der Waals surface area contributed by atoms with Crippen molar-refractivity contribution in [3.05, 3.63) is 17.1 Å². The van der Waals surface area contributed by atoms with Gasteiger partial charge in [0.1, 0.15) is 0 Å². The second-order valence-electron chi connectivity index (χ2n) is 1.20. The Balaban J connectivity index is 2.92. The van der Waals surface area contributed by atoms with Crippen molar-refractivity contribution >= 4 is 11.6 Å². The molecular weight excluding hydrogens is 131 g/mol. The van der Waals surface area contributed by atoms with Crippen LogP contribution in [0.15, 0.2) is 10.8 Å². The minimum Gasteiger partial charge on any atom is -0.359 e. The highest BCUT2D eigenvalue weighted by atomic mass is 35.5. The highest BCUT2D eigenvalue weighted by Crippen LogP contribution is 1.91. The molecule has 0 unspecified atom stereocenters. The molecule has 5 heteroatoms. The van der Waals surface area contributed by atoms with Crippen molar-refractivity contribution in [2.75, 3.05) is 0 Å². The lowest BCUT2D eigenvalue weighted by atomic mass is 10.6. The van der Waals surface area contributed by atoms with Crippen molar-refractivity contribution in [2.45, 2.75) is 5.88 Å². The Morgan fingerprint density at radius 3 is 3.00 bits per heavy atom. The van der Waals surface area contributed by atoms with Crippen LogP contribution in [-0.4, -0.2) is 5.16 Å². The molecule has 1 heterocycles. The Hall–Kier alpha value is -0.770. The zero-order valence-corrected chi connectivity index (χ0v) is 4.63. The molecule has 1 aromatic rings. The molecule has 0 bridgehead atoms. The lowest BCUT2D eigenvalue weighted by Crippen LogP contribution is -2.26. The van der Waals surface area contributed by atoms with Gasteiger partial charge >= 0.3 is 0 Å². The van der Waals surface area contributed by atoms with Gasteiger partial charge in [-0.3, -0.25) is 4.63 Å². The van der Waals surface area contributed by atoms with Gasteiger partial charge in [-0.25, -0.2) is 0 Å². The number of rotatable bonds is 1. The Labute approximate surface area is 50.2 Å². The van der Waals surface area contributed by atoms with Crippen molar-refractivity contribution in [2.24, 2.45) is 0 Å². The molecule has 0 atom stereocenters. The van der Waals surface area contributed by atoms with E-state index in [2.05, 4.69) is 9.79 Å². The molecule has 1 rings (SSSR count). The third-order valence-electron chi connectivity index (χ3n) is 0.694. The molecule has 0 saturated heterocycles. The third-order valence-corrected chi connectivity index (χ3v) is 0.968. The van der Waals surface area contributed by atoms with Gasteiger partial charge in [-0.2, -0.15) is 0 Å². The van der Waals surface area contributed by atoms with Gasteiger partial charge in [-0.05, 0) is 4.90 Å². The van der Waals surface area contributed by atoms with Crippen molar-refractivity contribution in [3.8, 4) is 0 Å². The Kier molecular flexibility index (Phi) is 1.34. The average Bonchev–Trinajstić information content (AvgIpc) is 2.14. The van der Waals surface area contributed by atoms with Crippen LogP contribution >= 0.6 is 11.6 Å². The highest BCUT2D eigenvalue weighted by molar-refractivity contribution is 6.16. The van der Waals surface area contributed by atoms with E-state index in [0.717, 1.165) is 0 Å². The monoisotopic (exact) mass is 134 g/mol. The summed E-state index contributed by atoms with van der Waals surface area (Å²) in [4.78, 5) is 0.271. The van der Waals surface area contributed by atoms with E-state index in [9.17, 15) is 5.21 Å². The standard InChI is InChI=1S/C3H3ClN2O2/c4-1-3-2-5-8-6(3)7/h2H,1H2. The number of halogens is 1. The Bertz CT molecular complexity index is 176. The maximum Gasteiger partial charge on any atom is 0.210 e. The summed E-state index contributed by atoms with van der Waals surface area (Å²) in [6.45, 7) is 0. The van der Waals surface area contributed by atoms with Gasteiger partial charge in [0.05, 0.1) is 5.88 Å². The molecule has 0 saturated carbocycles. The van der Waals surface area contributed by atoms with Gasteiger partial charge < -0.3 is 5.21 Å². The van der Waals surface area contributed by atoms with Gasteiger partial charge in [0.15, 0.2) is 0 Å². The van der Waals surface area contributed by atoms with E-state index in [0.29, 0.717) is 5.69 Å². The summed E-state index contributed by atoms with van der Waals surface area (Å²) in [5.41, 5.74) is 0.326. The molecule has 0 fully saturated rings. The summed E-state index contributed by atoms with van der Waals surface area (Å²) in [7, 11) is 0. The average molecular weight is 135 g/mol. The number of aromatic nitrogens is 2. The minimum absolute atomic E-state index is 0.132. The summed E-state index contributed by atoms with van der Waals surface area (Å²) in [6, 6.07) is 0. The van der Waals surface area contributed by atoms with Crippen LogP contribution in [0.25, 0.3) is 0 Å². The quantitative estimate of drug-likeness (QED) is 0.403. The maximum absolute atomic E-state index is 10.3. The normalized spacial score (nSPS) is 9.62. The second kappa shape index (κ2) is 2.00. The topological polar surface area (TPSA) is 53.0 Å². The SMILES string of the molecule is [O-][n+]1oncc1CCl. The van der Waals surface area contributed by atoms with E-state index >= 15 is 0 Å². The first-order chi connectivity index (χ1) is 3.84. The van der Waals surface area contributed by atoms with Gasteiger partial charge in [-0.1, -0.05) is 0 Å². The summed E-state index contributed by atoms with van der Waals surface area (Å²) in [6.07, 6.45) is 1.28. The number of nitrogens with zero attached hydrogens (tertiary/aromatic N) is 2. The predicted molar refractivity (Wildman–Crippen MR) is 25.0 cm³/mol. The van der Waals surface area contributed by atoms with Gasteiger partial charge in [-0.15, -0.1) is 11.6 Å². The van der Waals surface area contributed by atoms with Crippen LogP contribution in [0.5, 0.6) is 0 Å². The van der Waals surface area contributed by atoms with Crippen LogP contribution in [0.2, 0.25) is 0 Å². The summed E-state index contributed by atoms with van der Waals surface area (Å²) in [5, 5.41) is 13.4. The second-order valence-corrected chi connectivity index (χ2v) is 1.47.